The number of para-hydroxylation sites is 2. The molecule has 2 heterocycles. The van der Waals surface area contributed by atoms with Gasteiger partial charge in [-0.1, -0.05) is 30.3 Å². The van der Waals surface area contributed by atoms with Crippen LogP contribution in [-0.4, -0.2) is 16.8 Å². The van der Waals surface area contributed by atoms with Crippen LogP contribution in [0.5, 0.6) is 0 Å². The van der Waals surface area contributed by atoms with Crippen LogP contribution in [0.3, 0.4) is 0 Å². The van der Waals surface area contributed by atoms with Gasteiger partial charge in [0.1, 0.15) is 0 Å². The normalized spacial score (nSPS) is 14.9. The second kappa shape index (κ2) is 3.81. The Bertz CT molecular complexity index is 887. The number of aromatic nitrogens is 1. The fourth-order valence-corrected chi connectivity index (χ4v) is 2.68. The van der Waals surface area contributed by atoms with Crippen molar-refractivity contribution in [1.29, 1.82) is 0 Å². The van der Waals surface area contributed by atoms with Gasteiger partial charge in [0, 0.05) is 28.4 Å². The van der Waals surface area contributed by atoms with Crippen LogP contribution in [0.2, 0.25) is 0 Å². The Morgan fingerprint density at radius 1 is 0.800 bits per heavy atom. The molecule has 0 unspecified atom stereocenters. The highest BCUT2D eigenvalue weighted by Gasteiger charge is 2.27. The standard InChI is InChI=1S/C16H10N2O2/c19-14-8-9-15(20)18(14)13-7-3-5-11-10-4-1-2-6-12(10)17-16(11)13/h1-9,17H. The molecule has 0 radical (unpaired) electrons. The molecule has 1 aromatic heterocycles. The summed E-state index contributed by atoms with van der Waals surface area (Å²) in [7, 11) is 0. The molecule has 2 amide bonds. The van der Waals surface area contributed by atoms with E-state index in [0.717, 1.165) is 21.8 Å². The molecule has 0 fully saturated rings. The molecule has 4 rings (SSSR count). The molecular weight excluding hydrogens is 252 g/mol. The molecule has 96 valence electrons. The van der Waals surface area contributed by atoms with Crippen molar-refractivity contribution in [3.8, 4) is 0 Å². The molecule has 4 nitrogen and oxygen atoms in total. The Balaban J connectivity index is 2.06. The molecule has 20 heavy (non-hydrogen) atoms. The Kier molecular flexibility index (Phi) is 2.09. The fraction of sp³-hybridized carbons (Fsp3) is 0. The van der Waals surface area contributed by atoms with Crippen molar-refractivity contribution in [2.75, 3.05) is 4.90 Å². The van der Waals surface area contributed by atoms with Gasteiger partial charge in [0.15, 0.2) is 0 Å². The quantitative estimate of drug-likeness (QED) is 0.685. The Hall–Kier alpha value is -2.88. The van der Waals surface area contributed by atoms with E-state index in [-0.39, 0.29) is 11.8 Å². The number of hydrogen-bond acceptors (Lipinski definition) is 2. The monoisotopic (exact) mass is 262 g/mol. The third-order valence-electron chi connectivity index (χ3n) is 3.57. The molecule has 1 aliphatic heterocycles. The van der Waals surface area contributed by atoms with Crippen LogP contribution in [-0.2, 0) is 9.59 Å². The number of carbonyl (C=O) groups excluding carboxylic acids is 2. The summed E-state index contributed by atoms with van der Waals surface area (Å²) in [4.78, 5) is 28.2. The predicted molar refractivity (Wildman–Crippen MR) is 77.4 cm³/mol. The minimum absolute atomic E-state index is 0.304. The van der Waals surface area contributed by atoms with E-state index >= 15 is 0 Å². The van der Waals surface area contributed by atoms with E-state index in [2.05, 4.69) is 4.98 Å². The van der Waals surface area contributed by atoms with Crippen molar-refractivity contribution in [1.82, 2.24) is 4.98 Å². The largest absolute Gasteiger partial charge is 0.353 e. The summed E-state index contributed by atoms with van der Waals surface area (Å²) in [5.74, 6) is -0.609. The first-order valence-electron chi connectivity index (χ1n) is 6.31. The van der Waals surface area contributed by atoms with Crippen LogP contribution in [0.15, 0.2) is 54.6 Å². The van der Waals surface area contributed by atoms with Gasteiger partial charge in [0.25, 0.3) is 11.8 Å². The zero-order valence-electron chi connectivity index (χ0n) is 10.5. The minimum atomic E-state index is -0.304. The third-order valence-corrected chi connectivity index (χ3v) is 3.57. The van der Waals surface area contributed by atoms with Crippen molar-refractivity contribution >= 4 is 39.3 Å². The van der Waals surface area contributed by atoms with Crippen LogP contribution in [0.1, 0.15) is 0 Å². The van der Waals surface area contributed by atoms with Gasteiger partial charge in [-0.05, 0) is 12.1 Å². The maximum absolute atomic E-state index is 11.8. The van der Waals surface area contributed by atoms with Gasteiger partial charge in [-0.3, -0.25) is 9.59 Å². The number of aromatic amines is 1. The first-order chi connectivity index (χ1) is 9.75. The first kappa shape index (κ1) is 11.0. The second-order valence-corrected chi connectivity index (χ2v) is 4.72. The molecule has 0 atom stereocenters. The number of H-pyrrole nitrogens is 1. The van der Waals surface area contributed by atoms with Gasteiger partial charge in [0.05, 0.1) is 11.2 Å². The highest BCUT2D eigenvalue weighted by atomic mass is 16.2. The number of carbonyl (C=O) groups is 2. The summed E-state index contributed by atoms with van der Waals surface area (Å²) in [5, 5.41) is 2.09. The summed E-state index contributed by atoms with van der Waals surface area (Å²) in [6, 6.07) is 13.5. The summed E-state index contributed by atoms with van der Waals surface area (Å²) in [5.41, 5.74) is 2.39. The Morgan fingerprint density at radius 3 is 2.30 bits per heavy atom. The number of imide groups is 1. The summed E-state index contributed by atoms with van der Waals surface area (Å²) in [6.07, 6.45) is 2.59. The van der Waals surface area contributed by atoms with Crippen LogP contribution in [0.25, 0.3) is 21.8 Å². The maximum Gasteiger partial charge on any atom is 0.258 e. The van der Waals surface area contributed by atoms with E-state index in [1.165, 1.54) is 17.1 Å². The molecule has 1 N–H and O–H groups in total. The zero-order valence-corrected chi connectivity index (χ0v) is 10.5. The van der Waals surface area contributed by atoms with Gasteiger partial charge in [-0.15, -0.1) is 0 Å². The molecule has 0 saturated heterocycles. The highest BCUT2D eigenvalue weighted by Crippen LogP contribution is 2.33. The average molecular weight is 262 g/mol. The molecule has 4 heteroatoms. The number of rotatable bonds is 1. The average Bonchev–Trinajstić information content (AvgIpc) is 3.00. The van der Waals surface area contributed by atoms with Crippen molar-refractivity contribution in [2.24, 2.45) is 0 Å². The van der Waals surface area contributed by atoms with E-state index in [4.69, 9.17) is 0 Å². The molecule has 3 aromatic rings. The molecule has 0 spiro atoms. The summed E-state index contributed by atoms with van der Waals surface area (Å²) < 4.78 is 0. The molecular formula is C16H10N2O2. The van der Waals surface area contributed by atoms with Crippen molar-refractivity contribution in [2.45, 2.75) is 0 Å². The van der Waals surface area contributed by atoms with Gasteiger partial charge in [-0.2, -0.15) is 0 Å². The van der Waals surface area contributed by atoms with E-state index in [9.17, 15) is 9.59 Å². The number of hydrogen-bond donors (Lipinski definition) is 1. The third kappa shape index (κ3) is 1.36. The molecule has 2 aromatic carbocycles. The molecule has 0 saturated carbocycles. The number of anilines is 1. The number of benzene rings is 2. The van der Waals surface area contributed by atoms with Crippen molar-refractivity contribution in [3.63, 3.8) is 0 Å². The number of fused-ring (bicyclic) bond motifs is 3. The SMILES string of the molecule is O=C1C=CC(=O)N1c1cccc2c1[nH]c1ccccc12. The molecule has 1 aliphatic rings. The fourth-order valence-electron chi connectivity index (χ4n) is 2.68. The summed E-state index contributed by atoms with van der Waals surface area (Å²) in [6.45, 7) is 0. The smallest absolute Gasteiger partial charge is 0.258 e. The van der Waals surface area contributed by atoms with Gasteiger partial charge in [-0.25, -0.2) is 4.90 Å². The van der Waals surface area contributed by atoms with Crippen LogP contribution >= 0.6 is 0 Å². The maximum atomic E-state index is 11.8. The van der Waals surface area contributed by atoms with Crippen LogP contribution in [0.4, 0.5) is 5.69 Å². The Morgan fingerprint density at radius 2 is 1.50 bits per heavy atom. The molecule has 0 aliphatic carbocycles. The first-order valence-corrected chi connectivity index (χ1v) is 6.31. The van der Waals surface area contributed by atoms with Gasteiger partial charge >= 0.3 is 0 Å². The van der Waals surface area contributed by atoms with E-state index in [1.807, 2.05) is 36.4 Å². The lowest BCUT2D eigenvalue weighted by molar-refractivity contribution is -0.119. The lowest BCUT2D eigenvalue weighted by Crippen LogP contribution is -2.29. The topological polar surface area (TPSA) is 53.2 Å². The lowest BCUT2D eigenvalue weighted by Gasteiger charge is -2.14. The number of amides is 2. The Labute approximate surface area is 114 Å². The van der Waals surface area contributed by atoms with E-state index in [0.29, 0.717) is 5.69 Å². The van der Waals surface area contributed by atoms with Gasteiger partial charge < -0.3 is 4.98 Å². The minimum Gasteiger partial charge on any atom is -0.353 e. The van der Waals surface area contributed by atoms with Crippen molar-refractivity contribution in [3.05, 3.63) is 54.6 Å². The second-order valence-electron chi connectivity index (χ2n) is 4.72. The van der Waals surface area contributed by atoms with Crippen LogP contribution in [0, 0.1) is 0 Å². The molecule has 0 bridgehead atoms. The number of nitrogens with zero attached hydrogens (tertiary/aromatic N) is 1. The predicted octanol–water partition coefficient (Wildman–Crippen LogP) is 2.75. The zero-order chi connectivity index (χ0) is 13.7. The van der Waals surface area contributed by atoms with Crippen molar-refractivity contribution < 1.29 is 9.59 Å². The van der Waals surface area contributed by atoms with E-state index < -0.39 is 0 Å². The lowest BCUT2D eigenvalue weighted by atomic mass is 10.1. The van der Waals surface area contributed by atoms with Crippen LogP contribution < -0.4 is 4.90 Å². The highest BCUT2D eigenvalue weighted by molar-refractivity contribution is 6.30. The summed E-state index contributed by atoms with van der Waals surface area (Å²) >= 11 is 0. The van der Waals surface area contributed by atoms with E-state index in [1.54, 1.807) is 6.07 Å². The van der Waals surface area contributed by atoms with Gasteiger partial charge in [0.2, 0.25) is 0 Å². The number of nitrogens with one attached hydrogen (secondary N) is 1.